The summed E-state index contributed by atoms with van der Waals surface area (Å²) in [6, 6.07) is 0.486. The third kappa shape index (κ3) is 3.76. The number of hydrogen-bond acceptors (Lipinski definition) is 3. The quantitative estimate of drug-likeness (QED) is 0.851. The van der Waals surface area contributed by atoms with Crippen LogP contribution in [0.3, 0.4) is 0 Å². The van der Waals surface area contributed by atoms with E-state index in [1.807, 2.05) is 4.98 Å². The van der Waals surface area contributed by atoms with Crippen LogP contribution in [0, 0.1) is 11.7 Å². The predicted octanol–water partition coefficient (Wildman–Crippen LogP) is 0.844. The second kappa shape index (κ2) is 6.14. The first-order valence-corrected chi connectivity index (χ1v) is 6.79. The molecular formula is C13H20FN3O2. The minimum atomic E-state index is -0.963. The Bertz CT molecular complexity index is 529. The van der Waals surface area contributed by atoms with Crippen molar-refractivity contribution >= 4 is 0 Å². The fourth-order valence-electron chi connectivity index (χ4n) is 2.50. The smallest absolute Gasteiger partial charge is 0.312 e. The molecule has 1 aliphatic rings. The topological polar surface area (TPSA) is 66.9 Å². The Kier molecular flexibility index (Phi) is 4.52. The Morgan fingerprint density at radius 3 is 2.74 bits per heavy atom. The number of H-pyrrole nitrogens is 1. The summed E-state index contributed by atoms with van der Waals surface area (Å²) in [4.78, 5) is 24.3. The molecule has 0 aliphatic heterocycles. The first-order chi connectivity index (χ1) is 9.06. The Balaban J connectivity index is 1.84. The molecule has 106 valence electrons. The van der Waals surface area contributed by atoms with E-state index in [0.717, 1.165) is 25.0 Å². The standard InChI is InChI=1S/C13H20FN3O2/c1-9-2-4-10(5-3-9)15-6-7-17-8-11(14)12(18)16-13(17)19/h8-10,15H,2-7H2,1H3,(H,16,18,19). The van der Waals surface area contributed by atoms with Crippen molar-refractivity contribution in [1.82, 2.24) is 14.9 Å². The van der Waals surface area contributed by atoms with E-state index < -0.39 is 17.1 Å². The molecule has 1 aromatic heterocycles. The van der Waals surface area contributed by atoms with Crippen molar-refractivity contribution in [3.63, 3.8) is 0 Å². The summed E-state index contributed by atoms with van der Waals surface area (Å²) in [7, 11) is 0. The van der Waals surface area contributed by atoms with Crippen molar-refractivity contribution < 1.29 is 4.39 Å². The maximum atomic E-state index is 13.1. The van der Waals surface area contributed by atoms with Gasteiger partial charge >= 0.3 is 5.69 Å². The lowest BCUT2D eigenvalue weighted by molar-refractivity contribution is 0.304. The normalized spacial score (nSPS) is 23.5. The third-order valence-electron chi connectivity index (χ3n) is 3.77. The molecule has 6 heteroatoms. The lowest BCUT2D eigenvalue weighted by Gasteiger charge is -2.27. The van der Waals surface area contributed by atoms with Gasteiger partial charge in [-0.3, -0.25) is 14.3 Å². The van der Waals surface area contributed by atoms with Crippen LogP contribution in [0.5, 0.6) is 0 Å². The molecule has 1 aromatic rings. The Labute approximate surface area is 110 Å². The summed E-state index contributed by atoms with van der Waals surface area (Å²) in [6.45, 7) is 3.22. The van der Waals surface area contributed by atoms with Gasteiger partial charge in [0.15, 0.2) is 0 Å². The zero-order valence-corrected chi connectivity index (χ0v) is 11.1. The minimum Gasteiger partial charge on any atom is -0.312 e. The molecule has 1 heterocycles. The molecule has 0 saturated heterocycles. The average molecular weight is 269 g/mol. The molecule has 1 saturated carbocycles. The zero-order valence-electron chi connectivity index (χ0n) is 11.1. The second-order valence-corrected chi connectivity index (χ2v) is 5.34. The Morgan fingerprint density at radius 1 is 1.37 bits per heavy atom. The molecule has 2 rings (SSSR count). The van der Waals surface area contributed by atoms with Crippen LogP contribution in [-0.4, -0.2) is 22.1 Å². The lowest BCUT2D eigenvalue weighted by atomic mass is 9.87. The van der Waals surface area contributed by atoms with Gasteiger partial charge in [0.05, 0.1) is 6.20 Å². The lowest BCUT2D eigenvalue weighted by Crippen LogP contribution is -2.38. The molecule has 1 fully saturated rings. The van der Waals surface area contributed by atoms with Crippen molar-refractivity contribution in [2.45, 2.75) is 45.2 Å². The summed E-state index contributed by atoms with van der Waals surface area (Å²) < 4.78 is 14.2. The van der Waals surface area contributed by atoms with E-state index in [2.05, 4.69) is 12.2 Å². The first kappa shape index (κ1) is 14.0. The maximum Gasteiger partial charge on any atom is 0.328 e. The molecule has 2 N–H and O–H groups in total. The van der Waals surface area contributed by atoms with Gasteiger partial charge in [-0.2, -0.15) is 4.39 Å². The van der Waals surface area contributed by atoms with Crippen LogP contribution in [0.1, 0.15) is 32.6 Å². The molecule has 0 aromatic carbocycles. The highest BCUT2D eigenvalue weighted by Gasteiger charge is 2.17. The fourth-order valence-corrected chi connectivity index (χ4v) is 2.50. The van der Waals surface area contributed by atoms with Gasteiger partial charge in [-0.25, -0.2) is 4.79 Å². The van der Waals surface area contributed by atoms with Crippen LogP contribution in [0.4, 0.5) is 4.39 Å². The predicted molar refractivity (Wildman–Crippen MR) is 70.7 cm³/mol. The fraction of sp³-hybridized carbons (Fsp3) is 0.692. The van der Waals surface area contributed by atoms with Crippen molar-refractivity contribution in [1.29, 1.82) is 0 Å². The number of rotatable bonds is 4. The van der Waals surface area contributed by atoms with E-state index in [-0.39, 0.29) is 0 Å². The largest absolute Gasteiger partial charge is 0.328 e. The molecule has 0 radical (unpaired) electrons. The SMILES string of the molecule is CC1CCC(NCCn2cc(F)c(=O)[nH]c2=O)CC1. The zero-order chi connectivity index (χ0) is 13.8. The van der Waals surface area contributed by atoms with Gasteiger partial charge in [-0.15, -0.1) is 0 Å². The van der Waals surface area contributed by atoms with Gasteiger partial charge in [0.25, 0.3) is 5.56 Å². The highest BCUT2D eigenvalue weighted by Crippen LogP contribution is 2.23. The number of aromatic amines is 1. The van der Waals surface area contributed by atoms with Crippen LogP contribution >= 0.6 is 0 Å². The molecule has 0 atom stereocenters. The van der Waals surface area contributed by atoms with Gasteiger partial charge in [0.2, 0.25) is 5.82 Å². The van der Waals surface area contributed by atoms with Gasteiger partial charge in [0, 0.05) is 19.1 Å². The maximum absolute atomic E-state index is 13.1. The van der Waals surface area contributed by atoms with Crippen LogP contribution in [0.15, 0.2) is 15.8 Å². The second-order valence-electron chi connectivity index (χ2n) is 5.34. The molecule has 0 spiro atoms. The van der Waals surface area contributed by atoms with Gasteiger partial charge < -0.3 is 5.32 Å². The number of hydrogen-bond donors (Lipinski definition) is 2. The highest BCUT2D eigenvalue weighted by molar-refractivity contribution is 4.87. The van der Waals surface area contributed by atoms with E-state index >= 15 is 0 Å². The minimum absolute atomic E-state index is 0.360. The van der Waals surface area contributed by atoms with Crippen LogP contribution in [0.2, 0.25) is 0 Å². The number of nitrogens with zero attached hydrogens (tertiary/aromatic N) is 1. The van der Waals surface area contributed by atoms with Crippen molar-refractivity contribution in [2.24, 2.45) is 5.92 Å². The summed E-state index contributed by atoms with van der Waals surface area (Å²) in [5, 5.41) is 3.38. The molecule has 19 heavy (non-hydrogen) atoms. The number of nitrogens with one attached hydrogen (secondary N) is 2. The van der Waals surface area contributed by atoms with Gasteiger partial charge in [0.1, 0.15) is 0 Å². The molecule has 0 unspecified atom stereocenters. The van der Waals surface area contributed by atoms with Crippen LogP contribution < -0.4 is 16.6 Å². The van der Waals surface area contributed by atoms with Crippen LogP contribution in [0.25, 0.3) is 0 Å². The number of aromatic nitrogens is 2. The molecular weight excluding hydrogens is 249 g/mol. The summed E-state index contributed by atoms with van der Waals surface area (Å²) in [5.74, 6) is -0.125. The summed E-state index contributed by atoms with van der Waals surface area (Å²) >= 11 is 0. The Morgan fingerprint density at radius 2 is 2.05 bits per heavy atom. The van der Waals surface area contributed by atoms with Crippen molar-refractivity contribution in [2.75, 3.05) is 6.54 Å². The molecule has 1 aliphatic carbocycles. The monoisotopic (exact) mass is 269 g/mol. The summed E-state index contributed by atoms with van der Waals surface area (Å²) in [6.07, 6.45) is 5.72. The van der Waals surface area contributed by atoms with E-state index in [1.165, 1.54) is 17.4 Å². The van der Waals surface area contributed by atoms with Crippen molar-refractivity contribution in [3.05, 3.63) is 32.9 Å². The van der Waals surface area contributed by atoms with E-state index in [1.54, 1.807) is 0 Å². The highest BCUT2D eigenvalue weighted by atomic mass is 19.1. The van der Waals surface area contributed by atoms with Gasteiger partial charge in [-0.1, -0.05) is 6.92 Å². The Hall–Kier alpha value is -1.43. The average Bonchev–Trinajstić information content (AvgIpc) is 2.38. The van der Waals surface area contributed by atoms with E-state index in [0.29, 0.717) is 19.1 Å². The summed E-state index contributed by atoms with van der Waals surface area (Å²) in [5.41, 5.74) is -1.53. The number of halogens is 1. The van der Waals surface area contributed by atoms with E-state index in [9.17, 15) is 14.0 Å². The molecule has 0 bridgehead atoms. The van der Waals surface area contributed by atoms with Crippen molar-refractivity contribution in [3.8, 4) is 0 Å². The molecule has 0 amide bonds. The van der Waals surface area contributed by atoms with Crippen LogP contribution in [-0.2, 0) is 6.54 Å². The first-order valence-electron chi connectivity index (χ1n) is 6.79. The molecule has 5 nitrogen and oxygen atoms in total. The van der Waals surface area contributed by atoms with E-state index in [4.69, 9.17) is 0 Å². The van der Waals surface area contributed by atoms with Gasteiger partial charge in [-0.05, 0) is 31.6 Å². The third-order valence-corrected chi connectivity index (χ3v) is 3.77.